The van der Waals surface area contributed by atoms with E-state index in [1.54, 1.807) is 0 Å². The van der Waals surface area contributed by atoms with Crippen LogP contribution in [-0.2, 0) is 11.4 Å². The third-order valence-electron chi connectivity index (χ3n) is 4.90. The van der Waals surface area contributed by atoms with Crippen molar-refractivity contribution < 1.29 is 14.6 Å². The molecule has 2 unspecified atom stereocenters. The molecule has 1 heterocycles. The molecule has 138 valence electrons. The highest BCUT2D eigenvalue weighted by molar-refractivity contribution is 5.80. The first kappa shape index (κ1) is 18.4. The molecule has 0 bridgehead atoms. The minimum Gasteiger partial charge on any atom is -0.489 e. The molecule has 5 heteroatoms. The number of aliphatic hydroxyl groups excluding tert-OH is 1. The molecule has 1 amide bonds. The number of nitrogens with zero attached hydrogens (tertiary/aromatic N) is 1. The molecule has 3 rings (SSSR count). The van der Waals surface area contributed by atoms with Crippen molar-refractivity contribution in [3.8, 4) is 5.75 Å². The van der Waals surface area contributed by atoms with Crippen LogP contribution in [0, 0.1) is 0 Å². The van der Waals surface area contributed by atoms with Crippen molar-refractivity contribution in [3.63, 3.8) is 0 Å². The molecular weight excluding hydrogens is 328 g/mol. The summed E-state index contributed by atoms with van der Waals surface area (Å²) in [5.41, 5.74) is 7.41. The molecule has 0 saturated carbocycles. The van der Waals surface area contributed by atoms with Crippen LogP contribution < -0.4 is 10.5 Å². The number of hydrogen-bond donors (Lipinski definition) is 2. The van der Waals surface area contributed by atoms with E-state index < -0.39 is 6.10 Å². The highest BCUT2D eigenvalue weighted by Gasteiger charge is 2.28. The van der Waals surface area contributed by atoms with Gasteiger partial charge in [-0.2, -0.15) is 0 Å². The van der Waals surface area contributed by atoms with Gasteiger partial charge < -0.3 is 15.6 Å². The number of likely N-dealkylation sites (tertiary alicyclic amines) is 1. The summed E-state index contributed by atoms with van der Waals surface area (Å²) in [5.74, 6) is 0.509. The van der Waals surface area contributed by atoms with Crippen LogP contribution in [0.25, 0.3) is 0 Å². The maximum Gasteiger partial charge on any atom is 0.234 e. The summed E-state index contributed by atoms with van der Waals surface area (Å²) in [4.78, 5) is 13.5. The van der Waals surface area contributed by atoms with Gasteiger partial charge in [0.25, 0.3) is 0 Å². The molecule has 3 N–H and O–H groups in total. The van der Waals surface area contributed by atoms with E-state index in [4.69, 9.17) is 10.5 Å². The molecule has 2 aromatic rings. The Balaban J connectivity index is 1.49. The molecule has 2 aromatic carbocycles. The van der Waals surface area contributed by atoms with Crippen LogP contribution in [-0.4, -0.2) is 35.0 Å². The number of benzene rings is 2. The number of carbonyl (C=O) groups is 1. The van der Waals surface area contributed by atoms with Gasteiger partial charge in [0.15, 0.2) is 0 Å². The lowest BCUT2D eigenvalue weighted by atomic mass is 10.1. The predicted molar refractivity (Wildman–Crippen MR) is 101 cm³/mol. The summed E-state index contributed by atoms with van der Waals surface area (Å²) >= 11 is 0. The summed E-state index contributed by atoms with van der Waals surface area (Å²) in [6, 6.07) is 17.4. The molecule has 0 aliphatic carbocycles. The highest BCUT2D eigenvalue weighted by Crippen LogP contribution is 2.23. The molecule has 1 fully saturated rings. The minimum atomic E-state index is -0.563. The van der Waals surface area contributed by atoms with E-state index in [9.17, 15) is 9.90 Å². The Hall–Kier alpha value is -2.37. The van der Waals surface area contributed by atoms with Crippen LogP contribution in [0.4, 0.5) is 0 Å². The van der Waals surface area contributed by atoms with E-state index in [-0.39, 0.29) is 11.9 Å². The number of rotatable bonds is 8. The molecule has 0 spiro atoms. The first-order chi connectivity index (χ1) is 12.6. The Morgan fingerprint density at radius 3 is 2.62 bits per heavy atom. The van der Waals surface area contributed by atoms with Crippen molar-refractivity contribution in [2.24, 2.45) is 5.73 Å². The van der Waals surface area contributed by atoms with Gasteiger partial charge in [0.05, 0.1) is 12.1 Å². The molecule has 2 atom stereocenters. The fourth-order valence-corrected chi connectivity index (χ4v) is 3.40. The largest absolute Gasteiger partial charge is 0.489 e. The third kappa shape index (κ3) is 4.84. The van der Waals surface area contributed by atoms with Gasteiger partial charge in [0.2, 0.25) is 5.91 Å². The van der Waals surface area contributed by atoms with Gasteiger partial charge in [-0.15, -0.1) is 0 Å². The Morgan fingerprint density at radius 2 is 1.92 bits per heavy atom. The normalized spacial score (nSPS) is 18.6. The molecule has 1 saturated heterocycles. The van der Waals surface area contributed by atoms with E-state index in [1.807, 2.05) is 54.6 Å². The second-order valence-corrected chi connectivity index (χ2v) is 6.74. The fourth-order valence-electron chi connectivity index (χ4n) is 3.40. The Bertz CT molecular complexity index is 703. The molecule has 26 heavy (non-hydrogen) atoms. The summed E-state index contributed by atoms with van der Waals surface area (Å²) < 4.78 is 5.77. The van der Waals surface area contributed by atoms with Crippen molar-refractivity contribution in [2.75, 3.05) is 13.1 Å². The molecular formula is C21H26N2O3. The SMILES string of the molecule is NC(=O)C1CCCN1CCC(O)c1ccc(OCc2ccccc2)cc1. The monoisotopic (exact) mass is 354 g/mol. The van der Waals surface area contributed by atoms with Crippen LogP contribution in [0.1, 0.15) is 36.5 Å². The number of ether oxygens (including phenoxy) is 1. The van der Waals surface area contributed by atoms with E-state index in [2.05, 4.69) is 4.90 Å². The van der Waals surface area contributed by atoms with Crippen molar-refractivity contribution in [2.45, 2.75) is 38.0 Å². The zero-order valence-corrected chi connectivity index (χ0v) is 14.9. The van der Waals surface area contributed by atoms with Gasteiger partial charge in [-0.1, -0.05) is 42.5 Å². The molecule has 0 aromatic heterocycles. The van der Waals surface area contributed by atoms with Crippen molar-refractivity contribution in [1.29, 1.82) is 0 Å². The summed E-state index contributed by atoms with van der Waals surface area (Å²) in [7, 11) is 0. The first-order valence-electron chi connectivity index (χ1n) is 9.11. The minimum absolute atomic E-state index is 0.184. The van der Waals surface area contributed by atoms with Gasteiger partial charge >= 0.3 is 0 Å². The number of nitrogens with two attached hydrogens (primary N) is 1. The molecule has 1 aliphatic rings. The number of hydrogen-bond acceptors (Lipinski definition) is 4. The van der Waals surface area contributed by atoms with Crippen LogP contribution in [0.2, 0.25) is 0 Å². The van der Waals surface area contributed by atoms with Gasteiger partial charge in [-0.25, -0.2) is 0 Å². The van der Waals surface area contributed by atoms with E-state index in [0.29, 0.717) is 19.6 Å². The lowest BCUT2D eigenvalue weighted by Gasteiger charge is -2.23. The summed E-state index contributed by atoms with van der Waals surface area (Å²) in [6.45, 7) is 2.06. The van der Waals surface area contributed by atoms with E-state index in [0.717, 1.165) is 36.3 Å². The lowest BCUT2D eigenvalue weighted by Crippen LogP contribution is -2.41. The van der Waals surface area contributed by atoms with Crippen LogP contribution in [0.3, 0.4) is 0 Å². The predicted octanol–water partition coefficient (Wildman–Crippen LogP) is 2.64. The maximum atomic E-state index is 11.4. The number of aliphatic hydroxyl groups is 1. The highest BCUT2D eigenvalue weighted by atomic mass is 16.5. The average molecular weight is 354 g/mol. The van der Waals surface area contributed by atoms with Crippen molar-refractivity contribution in [1.82, 2.24) is 4.90 Å². The fraction of sp³-hybridized carbons (Fsp3) is 0.381. The second kappa shape index (κ2) is 8.83. The van der Waals surface area contributed by atoms with Crippen LogP contribution in [0.15, 0.2) is 54.6 Å². The van der Waals surface area contributed by atoms with Gasteiger partial charge in [0, 0.05) is 6.54 Å². The quantitative estimate of drug-likeness (QED) is 0.764. The Kier molecular flexibility index (Phi) is 6.26. The summed E-state index contributed by atoms with van der Waals surface area (Å²) in [5, 5.41) is 10.4. The maximum absolute atomic E-state index is 11.4. The molecule has 0 radical (unpaired) electrons. The van der Waals surface area contributed by atoms with Gasteiger partial charge in [-0.05, 0) is 49.1 Å². The lowest BCUT2D eigenvalue weighted by molar-refractivity contribution is -0.122. The van der Waals surface area contributed by atoms with Gasteiger partial charge in [-0.3, -0.25) is 9.69 Å². The van der Waals surface area contributed by atoms with Crippen LogP contribution >= 0.6 is 0 Å². The van der Waals surface area contributed by atoms with E-state index in [1.165, 1.54) is 0 Å². The molecule has 1 aliphatic heterocycles. The smallest absolute Gasteiger partial charge is 0.234 e. The summed E-state index contributed by atoms with van der Waals surface area (Å²) in [6.07, 6.45) is 1.82. The average Bonchev–Trinajstić information content (AvgIpc) is 3.15. The first-order valence-corrected chi connectivity index (χ1v) is 9.11. The van der Waals surface area contributed by atoms with Gasteiger partial charge in [0.1, 0.15) is 12.4 Å². The number of amides is 1. The number of carbonyl (C=O) groups excluding carboxylic acids is 1. The van der Waals surface area contributed by atoms with E-state index >= 15 is 0 Å². The number of primary amides is 1. The van der Waals surface area contributed by atoms with Crippen LogP contribution in [0.5, 0.6) is 5.75 Å². The third-order valence-corrected chi connectivity index (χ3v) is 4.90. The topological polar surface area (TPSA) is 75.8 Å². The standard InChI is InChI=1S/C21H26N2O3/c22-21(25)19-7-4-13-23(19)14-12-20(24)17-8-10-18(11-9-17)26-15-16-5-2-1-3-6-16/h1-3,5-6,8-11,19-20,24H,4,7,12-15H2,(H2,22,25). The second-order valence-electron chi connectivity index (χ2n) is 6.74. The Morgan fingerprint density at radius 1 is 1.19 bits per heavy atom. The van der Waals surface area contributed by atoms with Crippen molar-refractivity contribution in [3.05, 3.63) is 65.7 Å². The Labute approximate surface area is 154 Å². The van der Waals surface area contributed by atoms with Crippen molar-refractivity contribution >= 4 is 5.91 Å². The molecule has 5 nitrogen and oxygen atoms in total. The zero-order chi connectivity index (χ0) is 18.4. The zero-order valence-electron chi connectivity index (χ0n) is 14.9.